The van der Waals surface area contributed by atoms with Crippen molar-refractivity contribution < 1.29 is 26.7 Å². The maximum Gasteiger partial charge on any atom is 0.416 e. The van der Waals surface area contributed by atoms with Crippen LogP contribution < -0.4 is 5.32 Å². The van der Waals surface area contributed by atoms with Crippen LogP contribution >= 0.6 is 11.8 Å². The number of halogens is 5. The first-order chi connectivity index (χ1) is 12.8. The van der Waals surface area contributed by atoms with Crippen LogP contribution in [0.4, 0.5) is 32.4 Å². The molecular formula is C18H15F5N2OS. The minimum absolute atomic E-state index is 0.192. The molecule has 1 fully saturated rings. The lowest BCUT2D eigenvalue weighted by atomic mass is 10.0. The van der Waals surface area contributed by atoms with Gasteiger partial charge in [-0.1, -0.05) is 12.1 Å². The first-order valence-corrected chi connectivity index (χ1v) is 9.19. The smallest absolute Gasteiger partial charge is 0.316 e. The number of hydrogen-bond donors (Lipinski definition) is 1. The normalized spacial score (nSPS) is 17.7. The molecule has 0 radical (unpaired) electrons. The molecule has 3 nitrogen and oxygen atoms in total. The van der Waals surface area contributed by atoms with Crippen LogP contribution in [0.2, 0.25) is 0 Å². The Morgan fingerprint density at radius 2 is 1.93 bits per heavy atom. The van der Waals surface area contributed by atoms with Crippen molar-refractivity contribution in [2.75, 3.05) is 23.4 Å². The molecule has 2 aromatic rings. The minimum atomic E-state index is -4.48. The highest BCUT2D eigenvalue weighted by Gasteiger charge is 2.33. The molecule has 144 valence electrons. The van der Waals surface area contributed by atoms with Crippen LogP contribution in [0.3, 0.4) is 0 Å². The molecule has 1 saturated heterocycles. The van der Waals surface area contributed by atoms with Gasteiger partial charge in [0.25, 0.3) is 0 Å². The van der Waals surface area contributed by atoms with E-state index in [-0.39, 0.29) is 5.69 Å². The topological polar surface area (TPSA) is 32.3 Å². The zero-order chi connectivity index (χ0) is 19.6. The number of anilines is 1. The van der Waals surface area contributed by atoms with E-state index in [0.29, 0.717) is 29.7 Å². The van der Waals surface area contributed by atoms with E-state index in [1.165, 1.54) is 28.8 Å². The maximum atomic E-state index is 13.8. The summed E-state index contributed by atoms with van der Waals surface area (Å²) in [7, 11) is 0. The van der Waals surface area contributed by atoms with Crippen LogP contribution in [0.25, 0.3) is 0 Å². The SMILES string of the molecule is O=C(Nc1ccc(F)cc1F)N1CCSCC1c1cccc(C(F)(F)F)c1. The molecule has 2 aromatic carbocycles. The van der Waals surface area contributed by atoms with Crippen LogP contribution in [-0.2, 0) is 6.18 Å². The van der Waals surface area contributed by atoms with Gasteiger partial charge >= 0.3 is 12.2 Å². The second-order valence-corrected chi connectivity index (χ2v) is 7.11. The van der Waals surface area contributed by atoms with Crippen molar-refractivity contribution in [3.05, 3.63) is 65.2 Å². The van der Waals surface area contributed by atoms with Crippen molar-refractivity contribution >= 4 is 23.5 Å². The highest BCUT2D eigenvalue weighted by molar-refractivity contribution is 7.99. The first-order valence-electron chi connectivity index (χ1n) is 8.03. The van der Waals surface area contributed by atoms with E-state index in [0.717, 1.165) is 24.3 Å². The van der Waals surface area contributed by atoms with E-state index in [1.807, 2.05) is 0 Å². The molecule has 0 saturated carbocycles. The van der Waals surface area contributed by atoms with Crippen molar-refractivity contribution in [1.82, 2.24) is 4.90 Å². The van der Waals surface area contributed by atoms with Gasteiger partial charge in [0.2, 0.25) is 0 Å². The number of carbonyl (C=O) groups is 1. The van der Waals surface area contributed by atoms with Gasteiger partial charge in [-0.25, -0.2) is 13.6 Å². The zero-order valence-electron chi connectivity index (χ0n) is 13.9. The molecule has 1 atom stereocenters. The predicted octanol–water partition coefficient (Wildman–Crippen LogP) is 5.31. The van der Waals surface area contributed by atoms with Gasteiger partial charge in [-0.2, -0.15) is 24.9 Å². The number of urea groups is 1. The zero-order valence-corrected chi connectivity index (χ0v) is 14.7. The maximum absolute atomic E-state index is 13.8. The molecule has 1 aliphatic rings. The standard InChI is InChI=1S/C18H15F5N2OS/c19-13-4-5-15(14(20)9-13)24-17(26)25-6-7-27-10-16(25)11-2-1-3-12(8-11)18(21,22)23/h1-5,8-9,16H,6-7,10H2,(H,24,26). The number of rotatable bonds is 2. The summed E-state index contributed by atoms with van der Waals surface area (Å²) in [6, 6.07) is 6.34. The quantitative estimate of drug-likeness (QED) is 0.691. The molecule has 0 spiro atoms. The Balaban J connectivity index is 1.84. The number of thioether (sulfide) groups is 1. The van der Waals surface area contributed by atoms with E-state index in [4.69, 9.17) is 0 Å². The van der Waals surface area contributed by atoms with Gasteiger partial charge in [-0.3, -0.25) is 0 Å². The summed E-state index contributed by atoms with van der Waals surface area (Å²) in [5, 5.41) is 2.37. The van der Waals surface area contributed by atoms with Crippen molar-refractivity contribution in [2.24, 2.45) is 0 Å². The molecule has 9 heteroatoms. The molecule has 1 unspecified atom stereocenters. The van der Waals surface area contributed by atoms with Crippen molar-refractivity contribution in [1.29, 1.82) is 0 Å². The molecule has 1 aliphatic heterocycles. The lowest BCUT2D eigenvalue weighted by Crippen LogP contribution is -2.43. The number of hydrogen-bond acceptors (Lipinski definition) is 2. The molecule has 3 rings (SSSR count). The van der Waals surface area contributed by atoms with E-state index in [9.17, 15) is 26.7 Å². The fourth-order valence-electron chi connectivity index (χ4n) is 2.82. The highest BCUT2D eigenvalue weighted by Crippen LogP contribution is 2.35. The van der Waals surface area contributed by atoms with Gasteiger partial charge in [0.05, 0.1) is 17.3 Å². The van der Waals surface area contributed by atoms with Crippen molar-refractivity contribution in [2.45, 2.75) is 12.2 Å². The third-order valence-corrected chi connectivity index (χ3v) is 5.18. The lowest BCUT2D eigenvalue weighted by Gasteiger charge is -2.36. The molecule has 1 heterocycles. The fraction of sp³-hybridized carbons (Fsp3) is 0.278. The van der Waals surface area contributed by atoms with Gasteiger partial charge in [-0.15, -0.1) is 0 Å². The summed E-state index contributed by atoms with van der Waals surface area (Å²) in [6.45, 7) is 0.292. The number of benzene rings is 2. The van der Waals surface area contributed by atoms with Crippen LogP contribution in [0.5, 0.6) is 0 Å². The molecule has 0 aromatic heterocycles. The molecule has 0 aliphatic carbocycles. The summed E-state index contributed by atoms with van der Waals surface area (Å²) in [6.07, 6.45) is -4.48. The Morgan fingerprint density at radius 1 is 1.15 bits per heavy atom. The van der Waals surface area contributed by atoms with Crippen LogP contribution in [0.1, 0.15) is 17.2 Å². The van der Waals surface area contributed by atoms with Gasteiger partial charge in [0.15, 0.2) is 0 Å². The fourth-order valence-corrected chi connectivity index (χ4v) is 3.91. The average molecular weight is 402 g/mol. The molecule has 0 bridgehead atoms. The summed E-state index contributed by atoms with van der Waals surface area (Å²) in [4.78, 5) is 14.0. The lowest BCUT2D eigenvalue weighted by molar-refractivity contribution is -0.137. The minimum Gasteiger partial charge on any atom is -0.316 e. The number of nitrogens with zero attached hydrogens (tertiary/aromatic N) is 1. The van der Waals surface area contributed by atoms with Gasteiger partial charge in [0.1, 0.15) is 11.6 Å². The predicted molar refractivity (Wildman–Crippen MR) is 93.6 cm³/mol. The van der Waals surface area contributed by atoms with E-state index < -0.39 is 35.4 Å². The number of amides is 2. The monoisotopic (exact) mass is 402 g/mol. The van der Waals surface area contributed by atoms with Crippen LogP contribution in [0.15, 0.2) is 42.5 Å². The second kappa shape index (κ2) is 7.75. The third kappa shape index (κ3) is 4.52. The summed E-state index contributed by atoms with van der Waals surface area (Å²) < 4.78 is 65.7. The molecule has 2 amide bonds. The summed E-state index contributed by atoms with van der Waals surface area (Å²) >= 11 is 1.52. The highest BCUT2D eigenvalue weighted by atomic mass is 32.2. The summed E-state index contributed by atoms with van der Waals surface area (Å²) in [5.74, 6) is -0.679. The summed E-state index contributed by atoms with van der Waals surface area (Å²) in [5.41, 5.74) is -0.630. The average Bonchev–Trinajstić information content (AvgIpc) is 2.63. The largest absolute Gasteiger partial charge is 0.416 e. The van der Waals surface area contributed by atoms with Gasteiger partial charge in [0, 0.05) is 24.1 Å². The Morgan fingerprint density at radius 3 is 2.63 bits per heavy atom. The van der Waals surface area contributed by atoms with Gasteiger partial charge < -0.3 is 10.2 Å². The Bertz CT molecular complexity index is 843. The van der Waals surface area contributed by atoms with E-state index >= 15 is 0 Å². The Labute approximate surface area is 156 Å². The third-order valence-electron chi connectivity index (χ3n) is 4.16. The van der Waals surface area contributed by atoms with E-state index in [2.05, 4.69) is 5.32 Å². The van der Waals surface area contributed by atoms with Gasteiger partial charge in [-0.05, 0) is 29.8 Å². The molecular weight excluding hydrogens is 387 g/mol. The number of carbonyl (C=O) groups excluding carboxylic acids is 1. The molecule has 27 heavy (non-hydrogen) atoms. The Hall–Kier alpha value is -2.29. The molecule has 1 N–H and O–H groups in total. The Kier molecular flexibility index (Phi) is 5.59. The number of alkyl halides is 3. The van der Waals surface area contributed by atoms with Crippen molar-refractivity contribution in [3.8, 4) is 0 Å². The van der Waals surface area contributed by atoms with Crippen LogP contribution in [-0.4, -0.2) is 29.0 Å². The number of nitrogens with one attached hydrogen (secondary N) is 1. The van der Waals surface area contributed by atoms with Crippen LogP contribution in [0, 0.1) is 11.6 Å². The van der Waals surface area contributed by atoms with E-state index in [1.54, 1.807) is 0 Å². The van der Waals surface area contributed by atoms with Crippen molar-refractivity contribution in [3.63, 3.8) is 0 Å². The second-order valence-electron chi connectivity index (χ2n) is 5.96. The first kappa shape index (κ1) is 19.5.